The van der Waals surface area contributed by atoms with Crippen molar-refractivity contribution in [3.05, 3.63) is 90.1 Å². The van der Waals surface area contributed by atoms with Crippen LogP contribution in [0.15, 0.2) is 83.9 Å². The molecule has 1 aliphatic rings. The Morgan fingerprint density at radius 2 is 1.74 bits per heavy atom. The SMILES string of the molecule is Cc1cccc(Cn2nccc2NC(=O)C2CCN(S(=O)(=O)c3ccc4ccccc4c3)CC2)c1. The van der Waals surface area contributed by atoms with Gasteiger partial charge in [0.2, 0.25) is 15.9 Å². The zero-order valence-corrected chi connectivity index (χ0v) is 20.4. The number of benzene rings is 3. The number of anilines is 1. The molecular formula is C27H28N4O3S. The average Bonchev–Trinajstić information content (AvgIpc) is 3.30. The Morgan fingerprint density at radius 1 is 0.971 bits per heavy atom. The summed E-state index contributed by atoms with van der Waals surface area (Å²) < 4.78 is 29.7. The average molecular weight is 489 g/mol. The van der Waals surface area contributed by atoms with Crippen LogP contribution in [-0.4, -0.2) is 41.5 Å². The van der Waals surface area contributed by atoms with Crippen molar-refractivity contribution in [3.8, 4) is 0 Å². The van der Waals surface area contributed by atoms with E-state index in [-0.39, 0.29) is 11.8 Å². The third kappa shape index (κ3) is 4.99. The molecule has 0 unspecified atom stereocenters. The molecule has 1 amide bonds. The number of rotatable bonds is 6. The topological polar surface area (TPSA) is 84.3 Å². The fourth-order valence-corrected chi connectivity index (χ4v) is 6.12. The predicted octanol–water partition coefficient (Wildman–Crippen LogP) is 4.43. The van der Waals surface area contributed by atoms with Gasteiger partial charge < -0.3 is 5.32 Å². The minimum Gasteiger partial charge on any atom is -0.311 e. The smallest absolute Gasteiger partial charge is 0.243 e. The lowest BCUT2D eigenvalue weighted by Gasteiger charge is -2.30. The van der Waals surface area contributed by atoms with E-state index in [0.29, 0.717) is 43.2 Å². The lowest BCUT2D eigenvalue weighted by Crippen LogP contribution is -2.41. The number of amides is 1. The van der Waals surface area contributed by atoms with Crippen molar-refractivity contribution in [3.63, 3.8) is 0 Å². The molecule has 0 radical (unpaired) electrons. The van der Waals surface area contributed by atoms with Crippen molar-refractivity contribution >= 4 is 32.5 Å². The summed E-state index contributed by atoms with van der Waals surface area (Å²) in [6.07, 6.45) is 2.62. The molecule has 0 atom stereocenters. The summed E-state index contributed by atoms with van der Waals surface area (Å²) in [6.45, 7) is 3.24. The van der Waals surface area contributed by atoms with Gasteiger partial charge in [0.05, 0.1) is 17.6 Å². The fourth-order valence-electron chi connectivity index (χ4n) is 4.61. The number of piperidine rings is 1. The van der Waals surface area contributed by atoms with Crippen LogP contribution in [0.25, 0.3) is 10.8 Å². The first-order valence-electron chi connectivity index (χ1n) is 11.8. The first-order chi connectivity index (χ1) is 16.9. The highest BCUT2D eigenvalue weighted by molar-refractivity contribution is 7.89. The van der Waals surface area contributed by atoms with Crippen LogP contribution in [0.3, 0.4) is 0 Å². The van der Waals surface area contributed by atoms with Crippen LogP contribution in [0.4, 0.5) is 5.82 Å². The van der Waals surface area contributed by atoms with E-state index < -0.39 is 10.0 Å². The largest absolute Gasteiger partial charge is 0.311 e. The summed E-state index contributed by atoms with van der Waals surface area (Å²) in [4.78, 5) is 13.3. The molecule has 0 saturated carbocycles. The van der Waals surface area contributed by atoms with Gasteiger partial charge >= 0.3 is 0 Å². The molecule has 3 aromatic carbocycles. The Morgan fingerprint density at radius 3 is 2.51 bits per heavy atom. The second-order valence-electron chi connectivity index (χ2n) is 9.04. The number of fused-ring (bicyclic) bond motifs is 1. The predicted molar refractivity (Wildman–Crippen MR) is 137 cm³/mol. The maximum absolute atomic E-state index is 13.2. The van der Waals surface area contributed by atoms with Gasteiger partial charge in [-0.15, -0.1) is 0 Å². The van der Waals surface area contributed by atoms with E-state index >= 15 is 0 Å². The highest BCUT2D eigenvalue weighted by Crippen LogP contribution is 2.27. The summed E-state index contributed by atoms with van der Waals surface area (Å²) in [7, 11) is -3.61. The molecule has 180 valence electrons. The summed E-state index contributed by atoms with van der Waals surface area (Å²) >= 11 is 0. The molecule has 1 aliphatic heterocycles. The number of nitrogens with one attached hydrogen (secondary N) is 1. The Bertz CT molecular complexity index is 1470. The van der Waals surface area contributed by atoms with Crippen molar-refractivity contribution in [1.82, 2.24) is 14.1 Å². The molecule has 35 heavy (non-hydrogen) atoms. The Kier molecular flexibility index (Phi) is 6.40. The first-order valence-corrected chi connectivity index (χ1v) is 13.2. The summed E-state index contributed by atoms with van der Waals surface area (Å²) in [5, 5.41) is 9.24. The number of nitrogens with zero attached hydrogens (tertiary/aromatic N) is 3. The van der Waals surface area contributed by atoms with Gasteiger partial charge in [-0.05, 0) is 48.2 Å². The zero-order chi connectivity index (χ0) is 24.4. The summed E-state index contributed by atoms with van der Waals surface area (Å²) in [5.74, 6) is 0.293. The third-order valence-electron chi connectivity index (χ3n) is 6.57. The molecule has 0 aliphatic carbocycles. The number of aryl methyl sites for hydroxylation is 1. The quantitative estimate of drug-likeness (QED) is 0.435. The van der Waals surface area contributed by atoms with Crippen LogP contribution in [0.1, 0.15) is 24.0 Å². The van der Waals surface area contributed by atoms with Gasteiger partial charge in [0.15, 0.2) is 0 Å². The van der Waals surface area contributed by atoms with Crippen molar-refractivity contribution in [2.24, 2.45) is 5.92 Å². The van der Waals surface area contributed by atoms with Crippen molar-refractivity contribution in [1.29, 1.82) is 0 Å². The molecule has 1 aromatic heterocycles. The minimum absolute atomic E-state index is 0.0984. The maximum atomic E-state index is 13.2. The number of carbonyl (C=O) groups excluding carboxylic acids is 1. The van der Waals surface area contributed by atoms with Crippen molar-refractivity contribution in [2.75, 3.05) is 18.4 Å². The highest BCUT2D eigenvalue weighted by atomic mass is 32.2. The van der Waals surface area contributed by atoms with Gasteiger partial charge in [-0.1, -0.05) is 60.2 Å². The molecule has 1 N–H and O–H groups in total. The van der Waals surface area contributed by atoms with Gasteiger partial charge in [0, 0.05) is 25.1 Å². The zero-order valence-electron chi connectivity index (χ0n) is 19.6. The fraction of sp³-hybridized carbons (Fsp3) is 0.259. The molecule has 1 fully saturated rings. The van der Waals surface area contributed by atoms with Crippen LogP contribution in [-0.2, 0) is 21.4 Å². The molecule has 7 nitrogen and oxygen atoms in total. The van der Waals surface area contributed by atoms with Crippen LogP contribution in [0.5, 0.6) is 0 Å². The maximum Gasteiger partial charge on any atom is 0.243 e. The number of hydrogen-bond donors (Lipinski definition) is 1. The lowest BCUT2D eigenvalue weighted by molar-refractivity contribution is -0.121. The minimum atomic E-state index is -3.61. The van der Waals surface area contributed by atoms with E-state index in [9.17, 15) is 13.2 Å². The van der Waals surface area contributed by atoms with Gasteiger partial charge in [0.25, 0.3) is 0 Å². The van der Waals surface area contributed by atoms with Gasteiger partial charge in [-0.2, -0.15) is 9.40 Å². The number of hydrogen-bond acceptors (Lipinski definition) is 4. The van der Waals surface area contributed by atoms with Gasteiger partial charge in [-0.3, -0.25) is 4.79 Å². The van der Waals surface area contributed by atoms with Gasteiger partial charge in [0.1, 0.15) is 5.82 Å². The Balaban J connectivity index is 1.22. The molecule has 5 rings (SSSR count). The number of carbonyl (C=O) groups is 1. The normalized spacial score (nSPS) is 15.3. The van der Waals surface area contributed by atoms with Crippen LogP contribution in [0.2, 0.25) is 0 Å². The Hall–Kier alpha value is -3.49. The molecule has 0 bridgehead atoms. The third-order valence-corrected chi connectivity index (χ3v) is 8.46. The number of sulfonamides is 1. The highest BCUT2D eigenvalue weighted by Gasteiger charge is 2.32. The van der Waals surface area contributed by atoms with E-state index in [2.05, 4.69) is 16.5 Å². The van der Waals surface area contributed by atoms with Crippen molar-refractivity contribution < 1.29 is 13.2 Å². The second kappa shape index (κ2) is 9.64. The van der Waals surface area contributed by atoms with E-state index in [1.165, 1.54) is 9.87 Å². The molecule has 1 saturated heterocycles. The number of aromatic nitrogens is 2. The molecule has 0 spiro atoms. The van der Waals surface area contributed by atoms with E-state index in [1.54, 1.807) is 29.1 Å². The Labute approximate surface area is 205 Å². The van der Waals surface area contributed by atoms with Crippen molar-refractivity contribution in [2.45, 2.75) is 31.2 Å². The van der Waals surface area contributed by atoms with E-state index in [1.807, 2.05) is 55.5 Å². The molecule has 4 aromatic rings. The van der Waals surface area contributed by atoms with E-state index in [0.717, 1.165) is 16.3 Å². The van der Waals surface area contributed by atoms with Crippen LogP contribution < -0.4 is 5.32 Å². The molecule has 8 heteroatoms. The standard InChI is InChI=1S/C27H28N4O3S/c1-20-5-4-6-21(17-20)19-31-26(11-14-28-31)29-27(32)23-12-15-30(16-13-23)35(33,34)25-10-9-22-7-2-3-8-24(22)18-25/h2-11,14,17-18,23H,12-13,15-16,19H2,1H3,(H,29,32). The van der Waals surface area contributed by atoms with Gasteiger partial charge in [-0.25, -0.2) is 13.1 Å². The summed E-state index contributed by atoms with van der Waals surface area (Å²) in [6, 6.07) is 22.9. The van der Waals surface area contributed by atoms with Crippen LogP contribution >= 0.6 is 0 Å². The monoisotopic (exact) mass is 488 g/mol. The molecular weight excluding hydrogens is 460 g/mol. The van der Waals surface area contributed by atoms with E-state index in [4.69, 9.17) is 0 Å². The molecule has 2 heterocycles. The summed E-state index contributed by atoms with van der Waals surface area (Å²) in [5.41, 5.74) is 2.28. The lowest BCUT2D eigenvalue weighted by atomic mass is 9.97. The van der Waals surface area contributed by atoms with Crippen LogP contribution in [0, 0.1) is 12.8 Å². The second-order valence-corrected chi connectivity index (χ2v) is 11.0. The first kappa shape index (κ1) is 23.3.